The minimum Gasteiger partial charge on any atom is -0.370 e. The van der Waals surface area contributed by atoms with Gasteiger partial charge in [0.2, 0.25) is 5.95 Å². The Bertz CT molecular complexity index is 825. The Morgan fingerprint density at radius 1 is 1.19 bits per heavy atom. The summed E-state index contributed by atoms with van der Waals surface area (Å²) in [5, 5.41) is 10.0. The Balaban J connectivity index is 2.19. The van der Waals surface area contributed by atoms with Crippen LogP contribution in [-0.4, -0.2) is 31.4 Å². The Kier molecular flexibility index (Phi) is 3.03. The van der Waals surface area contributed by atoms with E-state index in [1.165, 1.54) is 0 Å². The van der Waals surface area contributed by atoms with Gasteiger partial charge in [-0.15, -0.1) is 0 Å². The average molecular weight is 281 g/mol. The number of carbonyl (C=O) groups excluding carboxylic acids is 1. The molecule has 0 aliphatic rings. The van der Waals surface area contributed by atoms with Crippen LogP contribution in [0.25, 0.3) is 17.0 Å². The first-order valence-corrected chi connectivity index (χ1v) is 6.05. The number of hydrogen-bond acceptors (Lipinski definition) is 5. The highest BCUT2D eigenvalue weighted by Gasteiger charge is 2.17. The Morgan fingerprint density at radius 2 is 1.90 bits per heavy atom. The summed E-state index contributed by atoms with van der Waals surface area (Å²) in [6.45, 7) is 0. The Morgan fingerprint density at radius 3 is 2.62 bits per heavy atom. The summed E-state index contributed by atoms with van der Waals surface area (Å²) in [5.41, 5.74) is 6.10. The lowest BCUT2D eigenvalue weighted by molar-refractivity contribution is 0.0978. The van der Waals surface area contributed by atoms with Gasteiger partial charge in [0.05, 0.1) is 5.56 Å². The molecule has 0 atom stereocenters. The second-order valence-electron chi connectivity index (χ2n) is 4.20. The van der Waals surface area contributed by atoms with Crippen molar-refractivity contribution in [1.29, 1.82) is 5.41 Å². The van der Waals surface area contributed by atoms with Crippen molar-refractivity contribution in [3.63, 3.8) is 0 Å². The third-order valence-corrected chi connectivity index (χ3v) is 2.82. The number of fused-ring (bicyclic) bond motifs is 1. The van der Waals surface area contributed by atoms with E-state index in [2.05, 4.69) is 20.3 Å². The van der Waals surface area contributed by atoms with Crippen molar-refractivity contribution >= 4 is 22.9 Å². The lowest BCUT2D eigenvalue weighted by Gasteiger charge is -2.00. The molecule has 3 heterocycles. The molecule has 0 aliphatic carbocycles. The van der Waals surface area contributed by atoms with Crippen LogP contribution in [0.15, 0.2) is 43.0 Å². The van der Waals surface area contributed by atoms with Crippen LogP contribution in [0.1, 0.15) is 10.4 Å². The number of carbonyl (C=O) groups is 1. The van der Waals surface area contributed by atoms with E-state index in [1.807, 2.05) is 0 Å². The van der Waals surface area contributed by atoms with Crippen molar-refractivity contribution in [3.05, 3.63) is 48.5 Å². The van der Waals surface area contributed by atoms with Crippen LogP contribution >= 0.6 is 0 Å². The molecule has 8 nitrogen and oxygen atoms in total. The van der Waals surface area contributed by atoms with Crippen LogP contribution in [0.2, 0.25) is 0 Å². The fourth-order valence-corrected chi connectivity index (χ4v) is 2.00. The fraction of sp³-hybridized carbons (Fsp3) is 0. The molecule has 1 amide bonds. The Hall–Kier alpha value is -3.29. The molecular formula is C13H11N7O. The zero-order chi connectivity index (χ0) is 14.8. The number of nitrogens with one attached hydrogen (secondary N) is 2. The van der Waals surface area contributed by atoms with Crippen molar-refractivity contribution in [3.8, 4) is 5.95 Å². The summed E-state index contributed by atoms with van der Waals surface area (Å²) in [7, 11) is 0. The third kappa shape index (κ3) is 2.29. The van der Waals surface area contributed by atoms with E-state index in [-0.39, 0.29) is 0 Å². The maximum Gasteiger partial charge on any atom is 0.260 e. The van der Waals surface area contributed by atoms with Gasteiger partial charge in [-0.3, -0.25) is 20.1 Å². The van der Waals surface area contributed by atoms with Crippen LogP contribution in [0.3, 0.4) is 0 Å². The molecule has 0 unspecified atom stereocenters. The van der Waals surface area contributed by atoms with Crippen LogP contribution < -0.4 is 11.1 Å². The van der Waals surface area contributed by atoms with Crippen LogP contribution in [0.5, 0.6) is 0 Å². The molecule has 0 radical (unpaired) electrons. The lowest BCUT2D eigenvalue weighted by atomic mass is 10.2. The van der Waals surface area contributed by atoms with Gasteiger partial charge in [-0.2, -0.15) is 0 Å². The summed E-state index contributed by atoms with van der Waals surface area (Å²) in [5.74, 6) is -0.487. The van der Waals surface area contributed by atoms with Crippen LogP contribution in [0, 0.1) is 5.41 Å². The van der Waals surface area contributed by atoms with Crippen molar-refractivity contribution in [2.45, 2.75) is 0 Å². The average Bonchev–Trinajstić information content (AvgIpc) is 2.87. The summed E-state index contributed by atoms with van der Waals surface area (Å²) >= 11 is 0. The van der Waals surface area contributed by atoms with Gasteiger partial charge in [-0.25, -0.2) is 15.0 Å². The topological polar surface area (TPSA) is 123 Å². The highest BCUT2D eigenvalue weighted by Crippen LogP contribution is 2.21. The zero-order valence-corrected chi connectivity index (χ0v) is 10.8. The molecule has 3 rings (SSSR count). The summed E-state index contributed by atoms with van der Waals surface area (Å²) < 4.78 is 1.62. The van der Waals surface area contributed by atoms with E-state index < -0.39 is 11.9 Å². The van der Waals surface area contributed by atoms with Crippen LogP contribution in [-0.2, 0) is 0 Å². The van der Waals surface area contributed by atoms with E-state index in [0.717, 1.165) is 0 Å². The van der Waals surface area contributed by atoms with E-state index in [0.29, 0.717) is 22.5 Å². The first-order chi connectivity index (χ1) is 10.2. The molecule has 0 saturated carbocycles. The standard InChI is InChI=1S/C13H11N7O/c14-12(15)19-11(21)9-7-20(13-17-5-2-6-18-13)10-8(9)3-1-4-16-10/h1-7H,(H4,14,15,19,21). The molecule has 0 fully saturated rings. The van der Waals surface area contributed by atoms with Crippen molar-refractivity contribution < 1.29 is 4.79 Å². The third-order valence-electron chi connectivity index (χ3n) is 2.82. The van der Waals surface area contributed by atoms with E-state index >= 15 is 0 Å². The van der Waals surface area contributed by atoms with Gasteiger partial charge in [0.1, 0.15) is 5.65 Å². The van der Waals surface area contributed by atoms with E-state index in [4.69, 9.17) is 11.1 Å². The van der Waals surface area contributed by atoms with Gasteiger partial charge >= 0.3 is 0 Å². The minimum atomic E-state index is -0.477. The number of nitrogens with zero attached hydrogens (tertiary/aromatic N) is 4. The number of aromatic nitrogens is 4. The lowest BCUT2D eigenvalue weighted by Crippen LogP contribution is -2.35. The summed E-state index contributed by atoms with van der Waals surface area (Å²) in [4.78, 5) is 24.6. The second-order valence-corrected chi connectivity index (χ2v) is 4.20. The molecule has 8 heteroatoms. The normalized spacial score (nSPS) is 10.5. The number of rotatable bonds is 2. The fourth-order valence-electron chi connectivity index (χ4n) is 2.00. The molecule has 0 spiro atoms. The highest BCUT2D eigenvalue weighted by atomic mass is 16.1. The number of amides is 1. The van der Waals surface area contributed by atoms with Crippen molar-refractivity contribution in [1.82, 2.24) is 24.8 Å². The molecule has 3 aromatic heterocycles. The minimum absolute atomic E-state index is 0.348. The maximum absolute atomic E-state index is 12.1. The number of nitrogens with two attached hydrogens (primary N) is 1. The van der Waals surface area contributed by atoms with E-state index in [1.54, 1.807) is 47.6 Å². The number of hydrogen-bond donors (Lipinski definition) is 3. The first kappa shape index (κ1) is 12.7. The van der Waals surface area contributed by atoms with Crippen molar-refractivity contribution in [2.75, 3.05) is 0 Å². The summed E-state index contributed by atoms with van der Waals surface area (Å²) in [6.07, 6.45) is 6.40. The molecule has 0 bridgehead atoms. The maximum atomic E-state index is 12.1. The molecule has 4 N–H and O–H groups in total. The van der Waals surface area contributed by atoms with Gasteiger partial charge in [-0.1, -0.05) is 0 Å². The smallest absolute Gasteiger partial charge is 0.260 e. The number of guanidine groups is 1. The molecule has 3 aromatic rings. The Labute approximate surface area is 119 Å². The molecule has 104 valence electrons. The highest BCUT2D eigenvalue weighted by molar-refractivity contribution is 6.11. The monoisotopic (exact) mass is 281 g/mol. The molecule has 0 aliphatic heterocycles. The zero-order valence-electron chi connectivity index (χ0n) is 10.8. The summed E-state index contributed by atoms with van der Waals surface area (Å²) in [6, 6.07) is 5.19. The molecule has 0 saturated heterocycles. The molecular weight excluding hydrogens is 270 g/mol. The predicted molar refractivity (Wildman–Crippen MR) is 76.0 cm³/mol. The van der Waals surface area contributed by atoms with Gasteiger partial charge in [0, 0.05) is 30.2 Å². The first-order valence-electron chi connectivity index (χ1n) is 6.05. The van der Waals surface area contributed by atoms with Gasteiger partial charge in [0.25, 0.3) is 5.91 Å². The SMILES string of the molecule is N=C(N)NC(=O)c1cn(-c2ncccn2)c2ncccc12. The largest absolute Gasteiger partial charge is 0.370 e. The van der Waals surface area contributed by atoms with Crippen molar-refractivity contribution in [2.24, 2.45) is 5.73 Å². The quantitative estimate of drug-likeness (QED) is 0.464. The van der Waals surface area contributed by atoms with Gasteiger partial charge in [0.15, 0.2) is 5.96 Å². The van der Waals surface area contributed by atoms with Crippen LogP contribution in [0.4, 0.5) is 0 Å². The molecule has 21 heavy (non-hydrogen) atoms. The second kappa shape index (κ2) is 5.00. The number of pyridine rings is 1. The molecule has 0 aromatic carbocycles. The van der Waals surface area contributed by atoms with Gasteiger partial charge in [-0.05, 0) is 18.2 Å². The van der Waals surface area contributed by atoms with E-state index in [9.17, 15) is 4.79 Å². The van der Waals surface area contributed by atoms with Gasteiger partial charge < -0.3 is 5.73 Å². The predicted octanol–water partition coefficient (Wildman–Crippen LogP) is 0.439.